The summed E-state index contributed by atoms with van der Waals surface area (Å²) in [5, 5.41) is 7.25. The molecule has 1 amide bonds. The van der Waals surface area contributed by atoms with Crippen molar-refractivity contribution in [3.05, 3.63) is 77.6 Å². The second-order valence-electron chi connectivity index (χ2n) is 6.97. The second kappa shape index (κ2) is 8.17. The van der Waals surface area contributed by atoms with Gasteiger partial charge in [-0.1, -0.05) is 18.2 Å². The smallest absolute Gasteiger partial charge is 0.251 e. The minimum Gasteiger partial charge on any atom is -0.497 e. The number of hydrogen-bond acceptors (Lipinski definition) is 4. The van der Waals surface area contributed by atoms with Gasteiger partial charge in [-0.25, -0.2) is 0 Å². The molecular weight excluding hydrogens is 354 g/mol. The molecule has 0 aliphatic carbocycles. The molecule has 0 saturated carbocycles. The molecule has 1 aliphatic rings. The van der Waals surface area contributed by atoms with Crippen LogP contribution >= 0.6 is 0 Å². The van der Waals surface area contributed by atoms with Crippen LogP contribution in [0.25, 0.3) is 0 Å². The van der Waals surface area contributed by atoms with Gasteiger partial charge in [0.25, 0.3) is 5.91 Å². The molecule has 0 saturated heterocycles. The maximum atomic E-state index is 12.6. The molecule has 3 aromatic rings. The van der Waals surface area contributed by atoms with E-state index in [1.54, 1.807) is 13.3 Å². The van der Waals surface area contributed by atoms with E-state index in [0.717, 1.165) is 29.0 Å². The summed E-state index contributed by atoms with van der Waals surface area (Å²) < 4.78 is 12.9. The van der Waals surface area contributed by atoms with E-state index < -0.39 is 0 Å². The Labute approximate surface area is 164 Å². The van der Waals surface area contributed by atoms with E-state index >= 15 is 0 Å². The number of aromatic nitrogens is 2. The van der Waals surface area contributed by atoms with Crippen molar-refractivity contribution in [2.75, 3.05) is 20.3 Å². The standard InChI is InChI=1S/C22H23N3O3/c1-27-20-7-6-18-11-17(15-28-21(18)12-20)13-23-22(26)19-5-2-4-16(10-19)14-25-9-3-8-24-25/h2-10,12,17H,11,13-15H2,1H3,(H,23,26). The average molecular weight is 377 g/mol. The van der Waals surface area contributed by atoms with Crippen LogP contribution in [0, 0.1) is 5.92 Å². The third-order valence-corrected chi connectivity index (χ3v) is 4.90. The van der Waals surface area contributed by atoms with Crippen LogP contribution in [0.1, 0.15) is 21.5 Å². The molecule has 1 aromatic heterocycles. The molecule has 0 radical (unpaired) electrons. The van der Waals surface area contributed by atoms with Crippen molar-refractivity contribution in [3.63, 3.8) is 0 Å². The number of hydrogen-bond donors (Lipinski definition) is 1. The Bertz CT molecular complexity index is 953. The molecule has 1 aliphatic heterocycles. The molecule has 28 heavy (non-hydrogen) atoms. The van der Waals surface area contributed by atoms with Crippen LogP contribution in [-0.2, 0) is 13.0 Å². The zero-order valence-electron chi connectivity index (χ0n) is 15.8. The van der Waals surface area contributed by atoms with Crippen molar-refractivity contribution < 1.29 is 14.3 Å². The first-order valence-corrected chi connectivity index (χ1v) is 9.35. The van der Waals surface area contributed by atoms with Gasteiger partial charge in [-0.15, -0.1) is 0 Å². The van der Waals surface area contributed by atoms with Gasteiger partial charge < -0.3 is 14.8 Å². The van der Waals surface area contributed by atoms with Gasteiger partial charge in [-0.3, -0.25) is 9.48 Å². The average Bonchev–Trinajstić information content (AvgIpc) is 3.24. The highest BCUT2D eigenvalue weighted by Gasteiger charge is 2.21. The zero-order valence-corrected chi connectivity index (χ0v) is 15.8. The molecule has 2 heterocycles. The third kappa shape index (κ3) is 4.17. The van der Waals surface area contributed by atoms with Crippen molar-refractivity contribution >= 4 is 5.91 Å². The fourth-order valence-corrected chi connectivity index (χ4v) is 3.40. The van der Waals surface area contributed by atoms with Crippen LogP contribution in [-0.4, -0.2) is 35.9 Å². The Hall–Kier alpha value is -3.28. The minimum atomic E-state index is -0.0668. The monoisotopic (exact) mass is 377 g/mol. The van der Waals surface area contributed by atoms with Crippen LogP contribution < -0.4 is 14.8 Å². The topological polar surface area (TPSA) is 65.4 Å². The Balaban J connectivity index is 1.34. The summed E-state index contributed by atoms with van der Waals surface area (Å²) in [7, 11) is 1.65. The van der Waals surface area contributed by atoms with Gasteiger partial charge in [0.05, 0.1) is 20.3 Å². The molecule has 0 bridgehead atoms. The van der Waals surface area contributed by atoms with Gasteiger partial charge in [0.15, 0.2) is 0 Å². The van der Waals surface area contributed by atoms with Gasteiger partial charge in [0, 0.05) is 36.5 Å². The number of rotatable bonds is 6. The summed E-state index contributed by atoms with van der Waals surface area (Å²) in [5.41, 5.74) is 2.85. The van der Waals surface area contributed by atoms with Gasteiger partial charge in [-0.2, -0.15) is 5.10 Å². The maximum Gasteiger partial charge on any atom is 0.251 e. The Morgan fingerprint density at radius 3 is 3.04 bits per heavy atom. The SMILES string of the molecule is COc1ccc2c(c1)OCC(CNC(=O)c1cccc(Cn3cccn3)c1)C2. The quantitative estimate of drug-likeness (QED) is 0.717. The number of amides is 1. The van der Waals surface area contributed by atoms with Crippen molar-refractivity contribution in [1.82, 2.24) is 15.1 Å². The lowest BCUT2D eigenvalue weighted by atomic mass is 9.96. The van der Waals surface area contributed by atoms with Gasteiger partial charge in [-0.05, 0) is 41.8 Å². The number of nitrogens with one attached hydrogen (secondary N) is 1. The predicted octanol–water partition coefficient (Wildman–Crippen LogP) is 2.92. The fourth-order valence-electron chi connectivity index (χ4n) is 3.40. The Morgan fingerprint density at radius 2 is 2.21 bits per heavy atom. The number of methoxy groups -OCH3 is 1. The second-order valence-corrected chi connectivity index (χ2v) is 6.97. The van der Waals surface area contributed by atoms with Crippen LogP contribution in [0.2, 0.25) is 0 Å². The van der Waals surface area contributed by atoms with Crippen molar-refractivity contribution in [3.8, 4) is 11.5 Å². The predicted molar refractivity (Wildman–Crippen MR) is 106 cm³/mol. The highest BCUT2D eigenvalue weighted by molar-refractivity contribution is 5.94. The van der Waals surface area contributed by atoms with Gasteiger partial charge >= 0.3 is 0 Å². The molecule has 0 spiro atoms. The van der Waals surface area contributed by atoms with E-state index in [1.807, 2.05) is 59.4 Å². The zero-order chi connectivity index (χ0) is 19.3. The summed E-state index contributed by atoms with van der Waals surface area (Å²) in [6.45, 7) is 1.80. The summed E-state index contributed by atoms with van der Waals surface area (Å²) in [6.07, 6.45) is 4.53. The highest BCUT2D eigenvalue weighted by atomic mass is 16.5. The summed E-state index contributed by atoms with van der Waals surface area (Å²) in [5.74, 6) is 1.84. The lowest BCUT2D eigenvalue weighted by molar-refractivity contribution is 0.0939. The number of fused-ring (bicyclic) bond motifs is 1. The third-order valence-electron chi connectivity index (χ3n) is 4.90. The molecule has 6 heteroatoms. The van der Waals surface area contributed by atoms with E-state index in [1.165, 1.54) is 0 Å². The maximum absolute atomic E-state index is 12.6. The van der Waals surface area contributed by atoms with Crippen LogP contribution in [0.15, 0.2) is 60.9 Å². The van der Waals surface area contributed by atoms with Crippen LogP contribution in [0.5, 0.6) is 11.5 Å². The summed E-state index contributed by atoms with van der Waals surface area (Å²) in [6, 6.07) is 15.4. The van der Waals surface area contributed by atoms with Gasteiger partial charge in [0.1, 0.15) is 11.5 Å². The molecule has 144 valence electrons. The number of carbonyl (C=O) groups is 1. The molecule has 1 N–H and O–H groups in total. The first kappa shape index (κ1) is 18.1. The van der Waals surface area contributed by atoms with E-state index in [-0.39, 0.29) is 11.8 Å². The fraction of sp³-hybridized carbons (Fsp3) is 0.273. The van der Waals surface area contributed by atoms with E-state index in [2.05, 4.69) is 10.4 Å². The molecule has 0 fully saturated rings. The molecule has 4 rings (SSSR count). The lowest BCUT2D eigenvalue weighted by Crippen LogP contribution is -2.34. The molecule has 1 unspecified atom stereocenters. The molecular formula is C22H23N3O3. The number of carbonyl (C=O) groups excluding carboxylic acids is 1. The normalized spacial score (nSPS) is 15.4. The molecule has 2 aromatic carbocycles. The van der Waals surface area contributed by atoms with Crippen LogP contribution in [0.3, 0.4) is 0 Å². The summed E-state index contributed by atoms with van der Waals surface area (Å²) in [4.78, 5) is 12.6. The lowest BCUT2D eigenvalue weighted by Gasteiger charge is -2.25. The van der Waals surface area contributed by atoms with Crippen LogP contribution in [0.4, 0.5) is 0 Å². The Morgan fingerprint density at radius 1 is 1.29 bits per heavy atom. The van der Waals surface area contributed by atoms with Crippen molar-refractivity contribution in [2.45, 2.75) is 13.0 Å². The number of benzene rings is 2. The minimum absolute atomic E-state index is 0.0668. The number of nitrogens with zero attached hydrogens (tertiary/aromatic N) is 2. The summed E-state index contributed by atoms with van der Waals surface area (Å²) >= 11 is 0. The Kier molecular flexibility index (Phi) is 5.28. The largest absolute Gasteiger partial charge is 0.497 e. The number of ether oxygens (including phenoxy) is 2. The molecule has 1 atom stereocenters. The van der Waals surface area contributed by atoms with Gasteiger partial charge in [0.2, 0.25) is 0 Å². The van der Waals surface area contributed by atoms with Crippen molar-refractivity contribution in [2.24, 2.45) is 5.92 Å². The van der Waals surface area contributed by atoms with Crippen molar-refractivity contribution in [1.29, 1.82) is 0 Å². The highest BCUT2D eigenvalue weighted by Crippen LogP contribution is 2.30. The van der Waals surface area contributed by atoms with E-state index in [4.69, 9.17) is 9.47 Å². The van der Waals surface area contributed by atoms with E-state index in [9.17, 15) is 4.79 Å². The first-order valence-electron chi connectivity index (χ1n) is 9.35. The van der Waals surface area contributed by atoms with E-state index in [0.29, 0.717) is 25.3 Å². The molecule has 6 nitrogen and oxygen atoms in total. The first-order chi connectivity index (χ1) is 13.7.